The molecular weight excluding hydrogens is 286 g/mol. The zero-order chi connectivity index (χ0) is 15.0. The van der Waals surface area contributed by atoms with Gasteiger partial charge in [0.1, 0.15) is 6.61 Å². The van der Waals surface area contributed by atoms with Gasteiger partial charge >= 0.3 is 0 Å². The number of carbonyl (C=O) groups is 1. The van der Waals surface area contributed by atoms with Crippen LogP contribution in [0, 0.1) is 6.92 Å². The van der Waals surface area contributed by atoms with Crippen molar-refractivity contribution in [3.05, 3.63) is 34.7 Å². The largest absolute Gasteiger partial charge is 0.504 e. The summed E-state index contributed by atoms with van der Waals surface area (Å²) in [5.74, 6) is 0.651. The third kappa shape index (κ3) is 2.74. The summed E-state index contributed by atoms with van der Waals surface area (Å²) < 4.78 is 5.62. The van der Waals surface area contributed by atoms with Crippen molar-refractivity contribution in [2.75, 3.05) is 13.2 Å². The molecule has 1 aliphatic rings. The lowest BCUT2D eigenvalue weighted by atomic mass is 10.1. The predicted molar refractivity (Wildman–Crippen MR) is 82.7 cm³/mol. The number of phenols is 1. The van der Waals surface area contributed by atoms with E-state index >= 15 is 0 Å². The van der Waals surface area contributed by atoms with E-state index in [0.717, 1.165) is 16.0 Å². The molecule has 1 aromatic carbocycles. The number of aromatic hydroxyl groups is 1. The van der Waals surface area contributed by atoms with Crippen LogP contribution in [-0.2, 0) is 11.3 Å². The lowest BCUT2D eigenvalue weighted by Gasteiger charge is -2.17. The molecule has 1 aromatic heterocycles. The molecule has 0 saturated carbocycles. The van der Waals surface area contributed by atoms with Gasteiger partial charge in [0, 0.05) is 28.8 Å². The molecule has 5 heteroatoms. The zero-order valence-electron chi connectivity index (χ0n) is 12.0. The number of amides is 1. The fraction of sp³-hybridized carbons (Fsp3) is 0.312. The summed E-state index contributed by atoms with van der Waals surface area (Å²) in [6.07, 6.45) is 0. The average Bonchev–Trinajstić information content (AvgIpc) is 2.73. The Morgan fingerprint density at radius 3 is 2.86 bits per heavy atom. The van der Waals surface area contributed by atoms with E-state index < -0.39 is 0 Å². The van der Waals surface area contributed by atoms with Crippen LogP contribution < -0.4 is 4.74 Å². The van der Waals surface area contributed by atoms with Crippen molar-refractivity contribution in [2.24, 2.45) is 0 Å². The second kappa shape index (κ2) is 5.41. The van der Waals surface area contributed by atoms with Crippen molar-refractivity contribution in [1.82, 2.24) is 4.90 Å². The van der Waals surface area contributed by atoms with Crippen LogP contribution in [0.3, 0.4) is 0 Å². The molecule has 110 valence electrons. The minimum atomic E-state index is 0.0170. The second-order valence-electron chi connectivity index (χ2n) is 5.18. The monoisotopic (exact) mass is 303 g/mol. The molecule has 1 N–H and O–H groups in total. The predicted octanol–water partition coefficient (Wildman–Crippen LogP) is 3.17. The highest BCUT2D eigenvalue weighted by atomic mass is 32.1. The molecule has 2 heterocycles. The van der Waals surface area contributed by atoms with E-state index in [9.17, 15) is 9.90 Å². The number of phenolic OH excluding ortho intramolecular Hbond substituents is 1. The van der Waals surface area contributed by atoms with Crippen LogP contribution in [0.15, 0.2) is 24.3 Å². The van der Waals surface area contributed by atoms with Crippen molar-refractivity contribution < 1.29 is 14.6 Å². The molecule has 0 spiro atoms. The quantitative estimate of drug-likeness (QED) is 0.880. The van der Waals surface area contributed by atoms with Crippen LogP contribution in [0.4, 0.5) is 0 Å². The van der Waals surface area contributed by atoms with Gasteiger partial charge < -0.3 is 14.7 Å². The number of carbonyl (C=O) groups excluding carboxylic acids is 1. The Labute approximate surface area is 127 Å². The van der Waals surface area contributed by atoms with Crippen LogP contribution >= 0.6 is 11.3 Å². The maximum atomic E-state index is 11.6. The van der Waals surface area contributed by atoms with E-state index in [1.54, 1.807) is 29.2 Å². The third-order valence-electron chi connectivity index (χ3n) is 3.59. The molecule has 4 nitrogen and oxygen atoms in total. The first-order valence-corrected chi connectivity index (χ1v) is 7.67. The Hall–Kier alpha value is -2.01. The summed E-state index contributed by atoms with van der Waals surface area (Å²) >= 11 is 1.68. The van der Waals surface area contributed by atoms with Gasteiger partial charge in [0.15, 0.2) is 11.5 Å². The van der Waals surface area contributed by atoms with E-state index in [1.807, 2.05) is 12.1 Å². The number of hydrogen-bond acceptors (Lipinski definition) is 4. The summed E-state index contributed by atoms with van der Waals surface area (Å²) in [7, 11) is 0. The lowest BCUT2D eigenvalue weighted by Crippen LogP contribution is -2.30. The van der Waals surface area contributed by atoms with E-state index in [1.165, 1.54) is 4.88 Å². The highest BCUT2D eigenvalue weighted by Crippen LogP contribution is 2.39. The van der Waals surface area contributed by atoms with E-state index in [-0.39, 0.29) is 11.7 Å². The van der Waals surface area contributed by atoms with Gasteiger partial charge in [0.05, 0.1) is 6.54 Å². The van der Waals surface area contributed by atoms with Crippen molar-refractivity contribution in [1.29, 1.82) is 0 Å². The fourth-order valence-electron chi connectivity index (χ4n) is 2.50. The fourth-order valence-corrected chi connectivity index (χ4v) is 3.35. The number of benzene rings is 1. The molecule has 0 bridgehead atoms. The normalized spacial score (nSPS) is 14.3. The maximum absolute atomic E-state index is 11.6. The molecule has 1 aliphatic heterocycles. The maximum Gasteiger partial charge on any atom is 0.219 e. The van der Waals surface area contributed by atoms with Gasteiger partial charge in [0.25, 0.3) is 0 Å². The first-order chi connectivity index (χ1) is 10.0. The Morgan fingerprint density at radius 1 is 1.38 bits per heavy atom. The minimum Gasteiger partial charge on any atom is -0.504 e. The number of hydrogen-bond donors (Lipinski definition) is 1. The van der Waals surface area contributed by atoms with Gasteiger partial charge in [-0.2, -0.15) is 0 Å². The van der Waals surface area contributed by atoms with Crippen LogP contribution in [-0.4, -0.2) is 29.1 Å². The Morgan fingerprint density at radius 2 is 2.19 bits per heavy atom. The number of rotatable bonds is 1. The molecule has 0 fully saturated rings. The number of fused-ring (bicyclic) bond motifs is 1. The molecule has 2 aromatic rings. The number of ether oxygens (including phenoxy) is 1. The smallest absolute Gasteiger partial charge is 0.219 e. The molecule has 0 atom stereocenters. The molecule has 0 aliphatic carbocycles. The summed E-state index contributed by atoms with van der Waals surface area (Å²) in [6.45, 7) is 5.01. The molecule has 21 heavy (non-hydrogen) atoms. The van der Waals surface area contributed by atoms with Crippen molar-refractivity contribution in [2.45, 2.75) is 20.4 Å². The zero-order valence-corrected chi connectivity index (χ0v) is 12.9. The summed E-state index contributed by atoms with van der Waals surface area (Å²) in [6, 6.07) is 7.83. The van der Waals surface area contributed by atoms with Gasteiger partial charge in [-0.15, -0.1) is 11.3 Å². The molecular formula is C16H17NO3S. The highest BCUT2D eigenvalue weighted by Gasteiger charge is 2.21. The van der Waals surface area contributed by atoms with Gasteiger partial charge in [-0.05, 0) is 36.8 Å². The SMILES string of the molecule is CC(=O)N1CCOc2c(O)cc(-c3ccc(C)s3)cc2C1. The third-order valence-corrected chi connectivity index (χ3v) is 4.64. The molecule has 1 amide bonds. The van der Waals surface area contributed by atoms with E-state index in [2.05, 4.69) is 13.0 Å². The topological polar surface area (TPSA) is 49.8 Å². The van der Waals surface area contributed by atoms with Crippen molar-refractivity contribution in [3.63, 3.8) is 0 Å². The number of aryl methyl sites for hydroxylation is 1. The number of nitrogens with zero attached hydrogens (tertiary/aromatic N) is 1. The Balaban J connectivity index is 2.04. The van der Waals surface area contributed by atoms with Crippen LogP contribution in [0.25, 0.3) is 10.4 Å². The van der Waals surface area contributed by atoms with Gasteiger partial charge in [-0.25, -0.2) is 0 Å². The van der Waals surface area contributed by atoms with Crippen LogP contribution in [0.5, 0.6) is 11.5 Å². The molecule has 0 unspecified atom stereocenters. The summed E-state index contributed by atoms with van der Waals surface area (Å²) in [5, 5.41) is 10.2. The summed E-state index contributed by atoms with van der Waals surface area (Å²) in [4.78, 5) is 15.7. The van der Waals surface area contributed by atoms with E-state index in [0.29, 0.717) is 25.4 Å². The van der Waals surface area contributed by atoms with Crippen molar-refractivity contribution >= 4 is 17.2 Å². The Bertz CT molecular complexity index is 693. The van der Waals surface area contributed by atoms with Crippen molar-refractivity contribution in [3.8, 4) is 21.9 Å². The average molecular weight is 303 g/mol. The summed E-state index contributed by atoms with van der Waals surface area (Å²) in [5.41, 5.74) is 1.81. The van der Waals surface area contributed by atoms with Gasteiger partial charge in [-0.1, -0.05) is 0 Å². The first kappa shape index (κ1) is 13.9. The van der Waals surface area contributed by atoms with Gasteiger partial charge in [0.2, 0.25) is 5.91 Å². The highest BCUT2D eigenvalue weighted by molar-refractivity contribution is 7.15. The molecule has 3 rings (SSSR count). The molecule has 0 radical (unpaired) electrons. The van der Waals surface area contributed by atoms with E-state index in [4.69, 9.17) is 4.74 Å². The van der Waals surface area contributed by atoms with Gasteiger partial charge in [-0.3, -0.25) is 4.79 Å². The second-order valence-corrected chi connectivity index (χ2v) is 6.47. The molecule has 0 saturated heterocycles. The lowest BCUT2D eigenvalue weighted by molar-refractivity contribution is -0.129. The van der Waals surface area contributed by atoms with Crippen LogP contribution in [0.2, 0.25) is 0 Å². The minimum absolute atomic E-state index is 0.0170. The standard InChI is InChI=1S/C16H17NO3S/c1-10-3-4-15(21-10)12-7-13-9-17(11(2)18)5-6-20-16(13)14(19)8-12/h3-4,7-8,19H,5-6,9H2,1-2H3. The van der Waals surface area contributed by atoms with Crippen LogP contribution in [0.1, 0.15) is 17.4 Å². The first-order valence-electron chi connectivity index (χ1n) is 6.85. The Kier molecular flexibility index (Phi) is 3.59. The number of thiophene rings is 1.